The van der Waals surface area contributed by atoms with E-state index >= 15 is 0 Å². The third-order valence-corrected chi connectivity index (χ3v) is 4.79. The van der Waals surface area contributed by atoms with Crippen molar-refractivity contribution in [1.29, 1.82) is 0 Å². The number of nitrogens with zero attached hydrogens (tertiary/aromatic N) is 2. The smallest absolute Gasteiger partial charge is 0.406 e. The minimum absolute atomic E-state index is 0.0824. The number of aryl methyl sites for hydroxylation is 1. The first-order valence-corrected chi connectivity index (χ1v) is 9.42. The van der Waals surface area contributed by atoms with Crippen molar-refractivity contribution in [3.8, 4) is 16.9 Å². The van der Waals surface area contributed by atoms with Gasteiger partial charge in [0, 0.05) is 17.3 Å². The van der Waals surface area contributed by atoms with E-state index in [-0.39, 0.29) is 12.1 Å². The first kappa shape index (κ1) is 21.3. The molecule has 4 rings (SSSR count). The van der Waals surface area contributed by atoms with Crippen molar-refractivity contribution in [1.82, 2.24) is 9.78 Å². The lowest BCUT2D eigenvalue weighted by atomic mass is 10.1. The molecule has 2 N–H and O–H groups in total. The molecule has 0 spiro atoms. The standard InChI is InChI=1S/C21H16F4N4O3/c1-11-18(12-5-7-13(22)8-6-12)19-27-20(31)16(29(19)28-11)10-17(30)26-14-3-2-4-15(9-14)32-21(23,24)25/h2-9,16H,10H2,1H3,(H,26,30)(H,27,31). The van der Waals surface area contributed by atoms with Crippen LogP contribution in [0.4, 0.5) is 29.1 Å². The van der Waals surface area contributed by atoms with E-state index in [4.69, 9.17) is 0 Å². The normalized spacial score (nSPS) is 15.3. The predicted octanol–water partition coefficient (Wildman–Crippen LogP) is 4.42. The molecule has 11 heteroatoms. The fourth-order valence-electron chi connectivity index (χ4n) is 3.50. The Bertz CT molecular complexity index is 1190. The van der Waals surface area contributed by atoms with E-state index in [0.29, 0.717) is 22.6 Å². The second-order valence-electron chi connectivity index (χ2n) is 7.09. The molecular weight excluding hydrogens is 432 g/mol. The Morgan fingerprint density at radius 1 is 1.22 bits per heavy atom. The van der Waals surface area contributed by atoms with Gasteiger partial charge in [0.25, 0.3) is 5.91 Å². The van der Waals surface area contributed by atoms with E-state index in [1.54, 1.807) is 19.1 Å². The Balaban J connectivity index is 1.51. The predicted molar refractivity (Wildman–Crippen MR) is 106 cm³/mol. The first-order chi connectivity index (χ1) is 15.1. The molecule has 2 amide bonds. The Kier molecular flexibility index (Phi) is 5.33. The van der Waals surface area contributed by atoms with Gasteiger partial charge in [-0.25, -0.2) is 9.07 Å². The van der Waals surface area contributed by atoms with Crippen molar-refractivity contribution in [2.45, 2.75) is 25.7 Å². The monoisotopic (exact) mass is 448 g/mol. The lowest BCUT2D eigenvalue weighted by molar-refractivity contribution is -0.274. The number of fused-ring (bicyclic) bond motifs is 1. The lowest BCUT2D eigenvalue weighted by Gasteiger charge is -2.12. The third-order valence-electron chi connectivity index (χ3n) is 4.79. The quantitative estimate of drug-likeness (QED) is 0.566. The maximum absolute atomic E-state index is 13.3. The highest BCUT2D eigenvalue weighted by Gasteiger charge is 2.36. The van der Waals surface area contributed by atoms with Crippen LogP contribution in [0.3, 0.4) is 0 Å². The van der Waals surface area contributed by atoms with Crippen LogP contribution in [-0.4, -0.2) is 28.0 Å². The van der Waals surface area contributed by atoms with Gasteiger partial charge in [0.2, 0.25) is 5.91 Å². The van der Waals surface area contributed by atoms with Crippen LogP contribution in [0.2, 0.25) is 0 Å². The van der Waals surface area contributed by atoms with Gasteiger partial charge >= 0.3 is 6.36 Å². The van der Waals surface area contributed by atoms with E-state index in [0.717, 1.165) is 12.1 Å². The fourth-order valence-corrected chi connectivity index (χ4v) is 3.50. The zero-order valence-corrected chi connectivity index (χ0v) is 16.5. The molecule has 0 radical (unpaired) electrons. The largest absolute Gasteiger partial charge is 0.573 e. The summed E-state index contributed by atoms with van der Waals surface area (Å²) in [6.07, 6.45) is -5.16. The molecule has 0 saturated carbocycles. The molecule has 0 saturated heterocycles. The number of nitrogens with one attached hydrogen (secondary N) is 2. The number of hydrogen-bond donors (Lipinski definition) is 2. The van der Waals surface area contributed by atoms with Crippen molar-refractivity contribution in [2.75, 3.05) is 10.6 Å². The summed E-state index contributed by atoms with van der Waals surface area (Å²) in [6.45, 7) is 1.72. The van der Waals surface area contributed by atoms with Crippen LogP contribution in [0.25, 0.3) is 11.1 Å². The van der Waals surface area contributed by atoms with Crippen molar-refractivity contribution >= 4 is 23.3 Å². The molecule has 2 heterocycles. The molecule has 1 aliphatic heterocycles. The summed E-state index contributed by atoms with van der Waals surface area (Å²) in [5, 5.41) is 9.50. The minimum atomic E-state index is -4.86. The van der Waals surface area contributed by atoms with Crippen LogP contribution in [0.15, 0.2) is 48.5 Å². The van der Waals surface area contributed by atoms with Crippen LogP contribution in [0.5, 0.6) is 5.75 Å². The number of hydrogen-bond acceptors (Lipinski definition) is 4. The topological polar surface area (TPSA) is 85.2 Å². The number of anilines is 2. The number of benzene rings is 2. The highest BCUT2D eigenvalue weighted by Crippen LogP contribution is 2.38. The summed E-state index contributed by atoms with van der Waals surface area (Å²) < 4.78 is 55.6. The molecular formula is C21H16F4N4O3. The summed E-state index contributed by atoms with van der Waals surface area (Å²) in [4.78, 5) is 25.0. The summed E-state index contributed by atoms with van der Waals surface area (Å²) in [5.41, 5.74) is 1.92. The van der Waals surface area contributed by atoms with E-state index < -0.39 is 35.8 Å². The van der Waals surface area contributed by atoms with Gasteiger partial charge < -0.3 is 15.4 Å². The highest BCUT2D eigenvalue weighted by atomic mass is 19.4. The molecule has 0 bridgehead atoms. The number of ether oxygens (including phenoxy) is 1. The van der Waals surface area contributed by atoms with Gasteiger partial charge in [0.1, 0.15) is 23.4 Å². The SMILES string of the molecule is Cc1nn2c(c1-c1ccc(F)cc1)NC(=O)C2CC(=O)Nc1cccc(OC(F)(F)F)c1. The lowest BCUT2D eigenvalue weighted by Crippen LogP contribution is -2.24. The van der Waals surface area contributed by atoms with Gasteiger partial charge in [-0.3, -0.25) is 9.59 Å². The van der Waals surface area contributed by atoms with Crippen molar-refractivity contribution in [2.24, 2.45) is 0 Å². The molecule has 1 aliphatic rings. The van der Waals surface area contributed by atoms with E-state index in [1.807, 2.05) is 0 Å². The number of halogens is 4. The summed E-state index contributed by atoms with van der Waals surface area (Å²) >= 11 is 0. The summed E-state index contributed by atoms with van der Waals surface area (Å²) in [6, 6.07) is 9.56. The maximum Gasteiger partial charge on any atom is 0.573 e. The zero-order chi connectivity index (χ0) is 23.0. The summed E-state index contributed by atoms with van der Waals surface area (Å²) in [5.74, 6) is -1.56. The van der Waals surface area contributed by atoms with Gasteiger partial charge in [-0.2, -0.15) is 5.10 Å². The number of alkyl halides is 3. The number of rotatable bonds is 5. The Morgan fingerprint density at radius 2 is 1.94 bits per heavy atom. The second kappa shape index (κ2) is 7.98. The van der Waals surface area contributed by atoms with Crippen molar-refractivity contribution in [3.63, 3.8) is 0 Å². The first-order valence-electron chi connectivity index (χ1n) is 9.42. The Labute approximate surface area is 179 Å². The van der Waals surface area contributed by atoms with Crippen LogP contribution < -0.4 is 15.4 Å². The summed E-state index contributed by atoms with van der Waals surface area (Å²) in [7, 11) is 0. The highest BCUT2D eigenvalue weighted by molar-refractivity contribution is 6.04. The van der Waals surface area contributed by atoms with E-state index in [9.17, 15) is 27.2 Å². The average Bonchev–Trinajstić information content (AvgIpc) is 3.15. The van der Waals surface area contributed by atoms with Gasteiger partial charge in [-0.1, -0.05) is 18.2 Å². The molecule has 1 unspecified atom stereocenters. The Hall–Kier alpha value is -3.89. The molecule has 166 valence electrons. The average molecular weight is 448 g/mol. The van der Waals surface area contributed by atoms with E-state index in [1.165, 1.54) is 28.9 Å². The number of carbonyl (C=O) groups excluding carboxylic acids is 2. The van der Waals surface area contributed by atoms with Gasteiger partial charge in [-0.15, -0.1) is 13.2 Å². The number of carbonyl (C=O) groups is 2. The third kappa shape index (κ3) is 4.41. The fraction of sp³-hybridized carbons (Fsp3) is 0.190. The number of aromatic nitrogens is 2. The van der Waals surface area contributed by atoms with Crippen molar-refractivity contribution in [3.05, 3.63) is 60.0 Å². The second-order valence-corrected chi connectivity index (χ2v) is 7.09. The van der Waals surface area contributed by atoms with Gasteiger partial charge in [0.05, 0.1) is 12.1 Å². The number of amides is 2. The molecule has 0 aliphatic carbocycles. The zero-order valence-electron chi connectivity index (χ0n) is 16.5. The minimum Gasteiger partial charge on any atom is -0.406 e. The van der Waals surface area contributed by atoms with Crippen LogP contribution in [0.1, 0.15) is 18.2 Å². The maximum atomic E-state index is 13.3. The van der Waals surface area contributed by atoms with Crippen molar-refractivity contribution < 1.29 is 31.9 Å². The molecule has 7 nitrogen and oxygen atoms in total. The van der Waals surface area contributed by atoms with Crippen LogP contribution in [0, 0.1) is 12.7 Å². The van der Waals surface area contributed by atoms with Gasteiger partial charge in [0.15, 0.2) is 0 Å². The van der Waals surface area contributed by atoms with Gasteiger partial charge in [-0.05, 0) is 36.8 Å². The molecule has 2 aromatic carbocycles. The molecule has 0 fully saturated rings. The van der Waals surface area contributed by atoms with Crippen LogP contribution in [-0.2, 0) is 9.59 Å². The molecule has 1 aromatic heterocycles. The van der Waals surface area contributed by atoms with E-state index in [2.05, 4.69) is 20.5 Å². The molecule has 32 heavy (non-hydrogen) atoms. The molecule has 3 aromatic rings. The molecule has 1 atom stereocenters. The Morgan fingerprint density at radius 3 is 2.62 bits per heavy atom. The van der Waals surface area contributed by atoms with Crippen LogP contribution >= 0.6 is 0 Å².